The van der Waals surface area contributed by atoms with Crippen molar-refractivity contribution in [2.75, 3.05) is 26.2 Å². The Morgan fingerprint density at radius 2 is 2.00 bits per heavy atom. The van der Waals surface area contributed by atoms with E-state index in [1.807, 2.05) is 6.92 Å². The average Bonchev–Trinajstić information content (AvgIpc) is 3.26. The molecule has 1 fully saturated rings. The summed E-state index contributed by atoms with van der Waals surface area (Å²) in [5.41, 5.74) is 1.20. The van der Waals surface area contributed by atoms with E-state index in [0.717, 1.165) is 25.2 Å². The highest BCUT2D eigenvalue weighted by atomic mass is 19.1. The Hall–Kier alpha value is -2.28. The molecule has 1 aromatic heterocycles. The largest absolute Gasteiger partial charge is 0.349 e. The number of benzene rings is 1. The minimum Gasteiger partial charge on any atom is -0.349 e. The highest BCUT2D eigenvalue weighted by molar-refractivity contribution is 5.91. The van der Waals surface area contributed by atoms with Crippen molar-refractivity contribution in [3.05, 3.63) is 47.5 Å². The summed E-state index contributed by atoms with van der Waals surface area (Å²) in [6.07, 6.45) is 4.10. The molecule has 1 aliphatic rings. The number of hydrogen-bond acceptors (Lipinski definition) is 4. The predicted octanol–water partition coefficient (Wildman–Crippen LogP) is 1.85. The van der Waals surface area contributed by atoms with Crippen LogP contribution in [0.2, 0.25) is 0 Å². The lowest BCUT2D eigenvalue weighted by atomic mass is 10.1. The average molecular weight is 331 g/mol. The van der Waals surface area contributed by atoms with Crippen LogP contribution in [0.15, 0.2) is 30.5 Å². The second-order valence-corrected chi connectivity index (χ2v) is 6.12. The molecule has 0 saturated carbocycles. The van der Waals surface area contributed by atoms with Crippen molar-refractivity contribution < 1.29 is 9.18 Å². The van der Waals surface area contributed by atoms with E-state index < -0.39 is 0 Å². The number of carbonyl (C=O) groups is 1. The molecule has 3 rings (SSSR count). The van der Waals surface area contributed by atoms with E-state index >= 15 is 0 Å². The van der Waals surface area contributed by atoms with E-state index in [9.17, 15) is 9.18 Å². The Kier molecular flexibility index (Phi) is 5.20. The van der Waals surface area contributed by atoms with E-state index in [4.69, 9.17) is 0 Å². The van der Waals surface area contributed by atoms with Gasteiger partial charge >= 0.3 is 0 Å². The summed E-state index contributed by atoms with van der Waals surface area (Å²) in [6, 6.07) is 6.11. The van der Waals surface area contributed by atoms with Crippen LogP contribution in [0.3, 0.4) is 0 Å². The maximum absolute atomic E-state index is 13.0. The fourth-order valence-electron chi connectivity index (χ4n) is 2.89. The molecule has 0 bridgehead atoms. The number of rotatable bonds is 6. The lowest BCUT2D eigenvalue weighted by molar-refractivity contribution is 0.0944. The van der Waals surface area contributed by atoms with Gasteiger partial charge in [-0.05, 0) is 50.6 Å². The van der Waals surface area contributed by atoms with Crippen molar-refractivity contribution in [3.63, 3.8) is 0 Å². The van der Waals surface area contributed by atoms with Gasteiger partial charge in [0.05, 0.1) is 12.2 Å². The monoisotopic (exact) mass is 331 g/mol. The van der Waals surface area contributed by atoms with Crippen molar-refractivity contribution in [1.29, 1.82) is 0 Å². The molecule has 24 heavy (non-hydrogen) atoms. The summed E-state index contributed by atoms with van der Waals surface area (Å²) < 4.78 is 14.6. The first-order valence-corrected chi connectivity index (χ1v) is 8.31. The summed E-state index contributed by atoms with van der Waals surface area (Å²) in [5.74, 6) is -0.491. The topological polar surface area (TPSA) is 63.1 Å². The van der Waals surface area contributed by atoms with Gasteiger partial charge in [-0.2, -0.15) is 0 Å². The number of likely N-dealkylation sites (tertiary alicyclic amines) is 1. The van der Waals surface area contributed by atoms with Gasteiger partial charge in [0.2, 0.25) is 0 Å². The van der Waals surface area contributed by atoms with Crippen LogP contribution >= 0.6 is 0 Å². The number of halogens is 1. The van der Waals surface area contributed by atoms with Crippen LogP contribution in [0.1, 0.15) is 41.9 Å². The molecule has 0 spiro atoms. The van der Waals surface area contributed by atoms with Gasteiger partial charge in [-0.15, -0.1) is 5.10 Å². The predicted molar refractivity (Wildman–Crippen MR) is 88.2 cm³/mol. The van der Waals surface area contributed by atoms with Crippen LogP contribution in [-0.2, 0) is 0 Å². The van der Waals surface area contributed by atoms with Crippen LogP contribution in [0.5, 0.6) is 0 Å². The number of hydrogen-bond donors (Lipinski definition) is 1. The molecular formula is C17H22FN5O. The lowest BCUT2D eigenvalue weighted by Gasteiger charge is -2.14. The zero-order valence-electron chi connectivity index (χ0n) is 13.8. The third kappa shape index (κ3) is 3.97. The van der Waals surface area contributed by atoms with Gasteiger partial charge in [-0.1, -0.05) is 17.3 Å². The summed E-state index contributed by atoms with van der Waals surface area (Å²) in [7, 11) is 0. The summed E-state index contributed by atoms with van der Waals surface area (Å²) in [4.78, 5) is 14.5. The Morgan fingerprint density at radius 1 is 1.29 bits per heavy atom. The fourth-order valence-corrected chi connectivity index (χ4v) is 2.89. The fraction of sp³-hybridized carbons (Fsp3) is 0.471. The van der Waals surface area contributed by atoms with Crippen LogP contribution in [0.25, 0.3) is 0 Å². The molecule has 1 amide bonds. The maximum Gasteiger partial charge on any atom is 0.273 e. The molecule has 0 aliphatic carbocycles. The van der Waals surface area contributed by atoms with Gasteiger partial charge in [0.25, 0.3) is 5.91 Å². The van der Waals surface area contributed by atoms with Crippen LogP contribution in [0, 0.1) is 5.82 Å². The zero-order chi connectivity index (χ0) is 16.9. The Bertz CT molecular complexity index is 679. The molecule has 1 aliphatic heterocycles. The number of aromatic nitrogens is 3. The first kappa shape index (κ1) is 16.6. The van der Waals surface area contributed by atoms with Crippen molar-refractivity contribution in [2.45, 2.75) is 25.8 Å². The summed E-state index contributed by atoms with van der Waals surface area (Å²) in [6.45, 7) is 5.63. The Morgan fingerprint density at radius 3 is 2.71 bits per heavy atom. The minimum absolute atomic E-state index is 0.121. The molecule has 2 heterocycles. The zero-order valence-corrected chi connectivity index (χ0v) is 13.8. The van der Waals surface area contributed by atoms with E-state index in [-0.39, 0.29) is 17.8 Å². The molecule has 2 aromatic rings. The normalized spacial score (nSPS) is 16.2. The smallest absolute Gasteiger partial charge is 0.273 e. The van der Waals surface area contributed by atoms with Crippen molar-refractivity contribution in [2.24, 2.45) is 0 Å². The van der Waals surface area contributed by atoms with Crippen molar-refractivity contribution in [1.82, 2.24) is 25.2 Å². The third-order valence-corrected chi connectivity index (χ3v) is 4.40. The Balaban J connectivity index is 1.55. The van der Waals surface area contributed by atoms with Crippen molar-refractivity contribution in [3.8, 4) is 0 Å². The summed E-state index contributed by atoms with van der Waals surface area (Å²) in [5, 5.41) is 10.8. The highest BCUT2D eigenvalue weighted by Crippen LogP contribution is 2.17. The van der Waals surface area contributed by atoms with E-state index in [2.05, 4.69) is 20.5 Å². The van der Waals surface area contributed by atoms with Gasteiger partial charge < -0.3 is 10.2 Å². The van der Waals surface area contributed by atoms with Crippen LogP contribution < -0.4 is 5.32 Å². The SMILES string of the molecule is C[C@@H](c1ccc(F)cc1)n1cc(C(=O)NCCN2CCCC2)nn1. The molecule has 128 valence electrons. The van der Waals surface area contributed by atoms with E-state index in [0.29, 0.717) is 12.2 Å². The molecule has 1 aromatic carbocycles. The molecule has 6 nitrogen and oxygen atoms in total. The minimum atomic E-state index is -0.275. The Labute approximate surface area is 140 Å². The van der Waals surface area contributed by atoms with Crippen molar-refractivity contribution >= 4 is 5.91 Å². The lowest BCUT2D eigenvalue weighted by Crippen LogP contribution is -2.33. The van der Waals surface area contributed by atoms with E-state index in [1.54, 1.807) is 23.0 Å². The molecule has 1 atom stereocenters. The number of carbonyl (C=O) groups excluding carboxylic acids is 1. The molecule has 0 unspecified atom stereocenters. The van der Waals surface area contributed by atoms with Gasteiger partial charge in [0, 0.05) is 13.1 Å². The number of amides is 1. The highest BCUT2D eigenvalue weighted by Gasteiger charge is 2.16. The van der Waals surface area contributed by atoms with Gasteiger partial charge in [0.1, 0.15) is 5.82 Å². The van der Waals surface area contributed by atoms with Gasteiger partial charge in [-0.25, -0.2) is 9.07 Å². The standard InChI is InChI=1S/C17H22FN5O/c1-13(14-4-6-15(18)7-5-14)23-12-16(20-21-23)17(24)19-8-11-22-9-2-3-10-22/h4-7,12-13H,2-3,8-11H2,1H3,(H,19,24)/t13-/m0/s1. The van der Waals surface area contributed by atoms with Gasteiger partial charge in [-0.3, -0.25) is 4.79 Å². The summed E-state index contributed by atoms with van der Waals surface area (Å²) >= 11 is 0. The van der Waals surface area contributed by atoms with Gasteiger partial charge in [0.15, 0.2) is 5.69 Å². The third-order valence-electron chi connectivity index (χ3n) is 4.40. The first-order chi connectivity index (χ1) is 11.6. The van der Waals surface area contributed by atoms with E-state index in [1.165, 1.54) is 25.0 Å². The molecule has 1 N–H and O–H groups in total. The second-order valence-electron chi connectivity index (χ2n) is 6.12. The second kappa shape index (κ2) is 7.53. The maximum atomic E-state index is 13.0. The molecule has 7 heteroatoms. The molecular weight excluding hydrogens is 309 g/mol. The molecule has 0 radical (unpaired) electrons. The van der Waals surface area contributed by atoms with Crippen LogP contribution in [0.4, 0.5) is 4.39 Å². The molecule has 1 saturated heterocycles. The number of nitrogens with zero attached hydrogens (tertiary/aromatic N) is 4. The number of nitrogens with one attached hydrogen (secondary N) is 1. The van der Waals surface area contributed by atoms with Crippen LogP contribution in [-0.4, -0.2) is 52.0 Å². The first-order valence-electron chi connectivity index (χ1n) is 8.31. The quantitative estimate of drug-likeness (QED) is 0.877.